The second-order valence-corrected chi connectivity index (χ2v) is 5.34. The average molecular weight is 300 g/mol. The van der Waals surface area contributed by atoms with Gasteiger partial charge in [-0.25, -0.2) is 9.59 Å². The number of nitrogens with one attached hydrogen (secondary N) is 2. The lowest BCUT2D eigenvalue weighted by Crippen LogP contribution is -2.46. The first-order valence-electron chi connectivity index (χ1n) is 6.28. The topological polar surface area (TPSA) is 96.3 Å². The highest BCUT2D eigenvalue weighted by molar-refractivity contribution is 7.98. The smallest absolute Gasteiger partial charge is 0.326 e. The Kier molecular flexibility index (Phi) is 6.92. The van der Waals surface area contributed by atoms with E-state index in [4.69, 9.17) is 5.11 Å². The summed E-state index contributed by atoms with van der Waals surface area (Å²) in [7, 11) is 0. The van der Waals surface area contributed by atoms with E-state index in [1.165, 1.54) is 0 Å². The molecule has 0 fully saturated rings. The number of aromatic nitrogens is 2. The molecule has 8 heteroatoms. The van der Waals surface area contributed by atoms with Crippen molar-refractivity contribution < 1.29 is 14.7 Å². The van der Waals surface area contributed by atoms with Crippen molar-refractivity contribution >= 4 is 23.8 Å². The van der Waals surface area contributed by atoms with Gasteiger partial charge in [0.1, 0.15) is 6.04 Å². The molecule has 0 aliphatic rings. The summed E-state index contributed by atoms with van der Waals surface area (Å²) in [5.41, 5.74) is 1.05. The van der Waals surface area contributed by atoms with Gasteiger partial charge in [-0.2, -0.15) is 16.9 Å². The third-order valence-electron chi connectivity index (χ3n) is 2.60. The Morgan fingerprint density at radius 3 is 2.85 bits per heavy atom. The highest BCUT2D eigenvalue weighted by Gasteiger charge is 2.18. The third kappa shape index (κ3) is 5.96. The minimum absolute atomic E-state index is 0.391. The predicted molar refractivity (Wildman–Crippen MR) is 77.9 cm³/mol. The predicted octanol–water partition coefficient (Wildman–Crippen LogP) is 0.697. The van der Waals surface area contributed by atoms with Crippen LogP contribution >= 0.6 is 11.8 Å². The van der Waals surface area contributed by atoms with Crippen molar-refractivity contribution in [3.05, 3.63) is 18.0 Å². The molecule has 7 nitrogen and oxygen atoms in total. The zero-order chi connectivity index (χ0) is 15.0. The van der Waals surface area contributed by atoms with E-state index in [2.05, 4.69) is 15.7 Å². The summed E-state index contributed by atoms with van der Waals surface area (Å²) in [6.45, 7) is 2.87. The fourth-order valence-electron chi connectivity index (χ4n) is 1.58. The van der Waals surface area contributed by atoms with E-state index in [9.17, 15) is 9.59 Å². The van der Waals surface area contributed by atoms with Gasteiger partial charge in [-0.05, 0) is 30.9 Å². The molecular formula is C12H20N4O3S. The summed E-state index contributed by atoms with van der Waals surface area (Å²) in [5, 5.41) is 18.2. The molecule has 0 aliphatic heterocycles. The van der Waals surface area contributed by atoms with E-state index in [0.717, 1.165) is 5.56 Å². The SMILES string of the molecule is CSCC[C@@H](NC(=O)NCCn1cc(C)cn1)C(=O)O. The number of nitrogens with zero attached hydrogens (tertiary/aromatic N) is 2. The van der Waals surface area contributed by atoms with Crippen LogP contribution in [0.3, 0.4) is 0 Å². The number of carboxylic acids is 1. The maximum absolute atomic E-state index is 11.6. The van der Waals surface area contributed by atoms with E-state index >= 15 is 0 Å². The average Bonchev–Trinajstić information content (AvgIpc) is 2.80. The minimum atomic E-state index is -1.02. The van der Waals surface area contributed by atoms with E-state index in [1.54, 1.807) is 22.6 Å². The summed E-state index contributed by atoms with van der Waals surface area (Å²) in [5.74, 6) is -0.332. The number of carbonyl (C=O) groups excluding carboxylic acids is 1. The van der Waals surface area contributed by atoms with Crippen LogP contribution in [0.4, 0.5) is 4.79 Å². The molecule has 0 aromatic carbocycles. The highest BCUT2D eigenvalue weighted by atomic mass is 32.2. The summed E-state index contributed by atoms with van der Waals surface area (Å²) in [6.07, 6.45) is 5.91. The monoisotopic (exact) mass is 300 g/mol. The first kappa shape index (κ1) is 16.4. The minimum Gasteiger partial charge on any atom is -0.480 e. The molecule has 1 aromatic rings. The number of urea groups is 1. The van der Waals surface area contributed by atoms with Gasteiger partial charge in [0.25, 0.3) is 0 Å². The summed E-state index contributed by atoms with van der Waals surface area (Å²) in [6, 6.07) is -1.32. The molecule has 0 saturated carbocycles. The Labute approximate surface area is 122 Å². The molecule has 1 aromatic heterocycles. The molecule has 0 bridgehead atoms. The van der Waals surface area contributed by atoms with Crippen molar-refractivity contribution in [2.75, 3.05) is 18.6 Å². The molecule has 112 valence electrons. The standard InChI is InChI=1S/C12H20N4O3S/c1-9-7-14-16(8-9)5-4-13-12(19)15-10(11(17)18)3-6-20-2/h7-8,10H,3-6H2,1-2H3,(H,17,18)(H2,13,15,19)/t10-/m1/s1. The molecule has 0 saturated heterocycles. The fraction of sp³-hybridized carbons (Fsp3) is 0.583. The zero-order valence-electron chi connectivity index (χ0n) is 11.6. The quantitative estimate of drug-likeness (QED) is 0.656. The molecular weight excluding hydrogens is 280 g/mol. The normalized spacial score (nSPS) is 11.9. The summed E-state index contributed by atoms with van der Waals surface area (Å²) in [4.78, 5) is 22.6. The van der Waals surface area contributed by atoms with Crippen LogP contribution in [0, 0.1) is 6.92 Å². The van der Waals surface area contributed by atoms with Gasteiger partial charge in [-0.15, -0.1) is 0 Å². The number of hydrogen-bond donors (Lipinski definition) is 3. The second-order valence-electron chi connectivity index (χ2n) is 4.35. The van der Waals surface area contributed by atoms with Crippen LogP contribution in [0.25, 0.3) is 0 Å². The first-order chi connectivity index (χ1) is 9.52. The third-order valence-corrected chi connectivity index (χ3v) is 3.25. The molecule has 1 atom stereocenters. The number of rotatable bonds is 8. The van der Waals surface area contributed by atoms with Crippen LogP contribution < -0.4 is 10.6 Å². The van der Waals surface area contributed by atoms with E-state index in [0.29, 0.717) is 25.3 Å². The number of carbonyl (C=O) groups is 2. The van der Waals surface area contributed by atoms with E-state index < -0.39 is 18.0 Å². The molecule has 0 radical (unpaired) electrons. The first-order valence-corrected chi connectivity index (χ1v) is 7.67. The highest BCUT2D eigenvalue weighted by Crippen LogP contribution is 2.00. The van der Waals surface area contributed by atoms with Crippen LogP contribution in [-0.2, 0) is 11.3 Å². The van der Waals surface area contributed by atoms with Crippen molar-refractivity contribution in [3.63, 3.8) is 0 Å². The van der Waals surface area contributed by atoms with Gasteiger partial charge < -0.3 is 15.7 Å². The molecule has 0 spiro atoms. The maximum Gasteiger partial charge on any atom is 0.326 e. The summed E-state index contributed by atoms with van der Waals surface area (Å²) < 4.78 is 1.72. The Hall–Kier alpha value is -1.70. The van der Waals surface area contributed by atoms with Crippen LogP contribution in [-0.4, -0.2) is 51.5 Å². The van der Waals surface area contributed by atoms with E-state index in [-0.39, 0.29) is 0 Å². The zero-order valence-corrected chi connectivity index (χ0v) is 12.4. The maximum atomic E-state index is 11.6. The lowest BCUT2D eigenvalue weighted by Gasteiger charge is -2.14. The lowest BCUT2D eigenvalue weighted by atomic mass is 10.2. The van der Waals surface area contributed by atoms with E-state index in [1.807, 2.05) is 19.4 Å². The summed E-state index contributed by atoms with van der Waals surface area (Å²) >= 11 is 1.55. The van der Waals surface area contributed by atoms with Crippen molar-refractivity contribution in [1.82, 2.24) is 20.4 Å². The number of hydrogen-bond acceptors (Lipinski definition) is 4. The Morgan fingerprint density at radius 1 is 1.55 bits per heavy atom. The van der Waals surface area contributed by atoms with Crippen LogP contribution in [0.15, 0.2) is 12.4 Å². The van der Waals surface area contributed by atoms with Gasteiger partial charge >= 0.3 is 12.0 Å². The Morgan fingerprint density at radius 2 is 2.30 bits per heavy atom. The largest absolute Gasteiger partial charge is 0.480 e. The van der Waals surface area contributed by atoms with Gasteiger partial charge in [0.15, 0.2) is 0 Å². The van der Waals surface area contributed by atoms with Crippen LogP contribution in [0.5, 0.6) is 0 Å². The molecule has 20 heavy (non-hydrogen) atoms. The molecule has 2 amide bonds. The number of aliphatic carboxylic acids is 1. The van der Waals surface area contributed by atoms with Gasteiger partial charge in [-0.1, -0.05) is 0 Å². The Bertz CT molecular complexity index is 450. The molecule has 1 heterocycles. The number of aryl methyl sites for hydroxylation is 1. The number of amides is 2. The number of thioether (sulfide) groups is 1. The molecule has 0 aliphatic carbocycles. The van der Waals surface area contributed by atoms with Gasteiger partial charge in [0.2, 0.25) is 0 Å². The van der Waals surface area contributed by atoms with Crippen molar-refractivity contribution in [3.8, 4) is 0 Å². The van der Waals surface area contributed by atoms with Gasteiger partial charge in [0.05, 0.1) is 12.7 Å². The van der Waals surface area contributed by atoms with Crippen molar-refractivity contribution in [2.24, 2.45) is 0 Å². The van der Waals surface area contributed by atoms with Crippen molar-refractivity contribution in [1.29, 1.82) is 0 Å². The number of carboxylic acid groups (broad SMARTS) is 1. The Balaban J connectivity index is 2.28. The van der Waals surface area contributed by atoms with Crippen molar-refractivity contribution in [2.45, 2.75) is 25.9 Å². The molecule has 0 unspecified atom stereocenters. The second kappa shape index (κ2) is 8.47. The molecule has 3 N–H and O–H groups in total. The lowest BCUT2D eigenvalue weighted by molar-refractivity contribution is -0.139. The van der Waals surface area contributed by atoms with Gasteiger partial charge in [-0.3, -0.25) is 4.68 Å². The van der Waals surface area contributed by atoms with Gasteiger partial charge in [0, 0.05) is 12.7 Å². The fourth-order valence-corrected chi connectivity index (χ4v) is 2.05. The van der Waals surface area contributed by atoms with Crippen LogP contribution in [0.1, 0.15) is 12.0 Å². The molecule has 1 rings (SSSR count). The van der Waals surface area contributed by atoms with Crippen LogP contribution in [0.2, 0.25) is 0 Å².